The van der Waals surface area contributed by atoms with E-state index in [0.29, 0.717) is 5.82 Å². The lowest BCUT2D eigenvalue weighted by atomic mass is 9.71. The standard InChI is InChI=1S/C34H40N4O2Si/c1-33(2,3)41(24-13-9-7-10-14-24,25-15-11-8-12-16-25)40-23-20-38(21-23)31-27-19-34(4,5)29-30(36-22-37-32(29)35)26(27)17-18-28(31)39-6/h7-18,22-23H,19-21H2,1-6H3,(H2,35,36,37). The summed E-state index contributed by atoms with van der Waals surface area (Å²) in [6.07, 6.45) is 2.50. The van der Waals surface area contributed by atoms with Crippen LogP contribution in [0.4, 0.5) is 11.5 Å². The van der Waals surface area contributed by atoms with E-state index in [1.807, 2.05) is 0 Å². The molecule has 1 saturated heterocycles. The number of fused-ring (bicyclic) bond motifs is 3. The van der Waals surface area contributed by atoms with Gasteiger partial charge in [0.15, 0.2) is 0 Å². The normalized spacial score (nSPS) is 16.5. The van der Waals surface area contributed by atoms with Gasteiger partial charge in [-0.2, -0.15) is 0 Å². The maximum Gasteiger partial charge on any atom is 0.261 e. The molecule has 1 aromatic heterocycles. The van der Waals surface area contributed by atoms with Crippen molar-refractivity contribution in [2.75, 3.05) is 30.8 Å². The van der Waals surface area contributed by atoms with Crippen LogP contribution in [0, 0.1) is 0 Å². The van der Waals surface area contributed by atoms with Crippen LogP contribution in [0.3, 0.4) is 0 Å². The summed E-state index contributed by atoms with van der Waals surface area (Å²) in [4.78, 5) is 11.4. The second-order valence-corrected chi connectivity index (χ2v) is 17.2. The highest BCUT2D eigenvalue weighted by Crippen LogP contribution is 2.50. The maximum absolute atomic E-state index is 7.41. The Labute approximate surface area is 244 Å². The van der Waals surface area contributed by atoms with Gasteiger partial charge in [0.1, 0.15) is 17.9 Å². The van der Waals surface area contributed by atoms with Crippen LogP contribution in [0.25, 0.3) is 11.3 Å². The number of benzene rings is 3. The van der Waals surface area contributed by atoms with Crippen LogP contribution in [0.5, 0.6) is 5.75 Å². The number of methoxy groups -OCH3 is 1. The van der Waals surface area contributed by atoms with Gasteiger partial charge in [0.25, 0.3) is 8.32 Å². The summed E-state index contributed by atoms with van der Waals surface area (Å²) in [7, 11) is -0.875. The van der Waals surface area contributed by atoms with Crippen LogP contribution in [0.2, 0.25) is 5.04 Å². The SMILES string of the molecule is COc1ccc2c(c1N1CC(O[Si](c3ccccc3)(c3ccccc3)C(C)(C)C)C1)CC(C)(C)c1c(N)ncnc1-2. The first kappa shape index (κ1) is 27.5. The highest BCUT2D eigenvalue weighted by molar-refractivity contribution is 6.99. The third kappa shape index (κ3) is 4.42. The first-order valence-electron chi connectivity index (χ1n) is 14.4. The summed E-state index contributed by atoms with van der Waals surface area (Å²) in [6.45, 7) is 13.1. The Hall–Kier alpha value is -3.68. The second kappa shape index (κ2) is 10.00. The molecule has 1 aliphatic heterocycles. The summed E-state index contributed by atoms with van der Waals surface area (Å²) in [5, 5.41) is 2.55. The topological polar surface area (TPSA) is 73.5 Å². The molecule has 0 atom stereocenters. The zero-order chi connectivity index (χ0) is 29.0. The molecule has 4 aromatic rings. The number of aromatic nitrogens is 2. The van der Waals surface area contributed by atoms with E-state index in [-0.39, 0.29) is 16.6 Å². The van der Waals surface area contributed by atoms with Gasteiger partial charge in [-0.05, 0) is 44.9 Å². The fourth-order valence-electron chi connectivity index (χ4n) is 6.96. The number of ether oxygens (including phenoxy) is 1. The van der Waals surface area contributed by atoms with E-state index in [0.717, 1.165) is 47.8 Å². The summed E-state index contributed by atoms with van der Waals surface area (Å²) in [5.41, 5.74) is 11.6. The fraction of sp³-hybridized carbons (Fsp3) is 0.353. The molecule has 6 rings (SSSR count). The van der Waals surface area contributed by atoms with E-state index in [2.05, 4.69) is 117 Å². The average molecular weight is 565 g/mol. The van der Waals surface area contributed by atoms with Crippen molar-refractivity contribution in [3.05, 3.63) is 90.3 Å². The molecule has 0 spiro atoms. The summed E-state index contributed by atoms with van der Waals surface area (Å²) in [6, 6.07) is 25.9. The molecule has 3 aromatic carbocycles. The molecule has 41 heavy (non-hydrogen) atoms. The molecule has 2 aliphatic rings. The second-order valence-electron chi connectivity index (χ2n) is 13.0. The lowest BCUT2D eigenvalue weighted by Gasteiger charge is -2.51. The molecule has 2 heterocycles. The fourth-order valence-corrected chi connectivity index (χ4v) is 11.6. The summed E-state index contributed by atoms with van der Waals surface area (Å²) >= 11 is 0. The largest absolute Gasteiger partial charge is 0.495 e. The number of nitrogen functional groups attached to an aromatic ring is 1. The van der Waals surface area contributed by atoms with E-state index in [9.17, 15) is 0 Å². The minimum absolute atomic E-state index is 0.0624. The van der Waals surface area contributed by atoms with Gasteiger partial charge in [-0.3, -0.25) is 0 Å². The van der Waals surface area contributed by atoms with Crippen LogP contribution in [-0.4, -0.2) is 44.6 Å². The van der Waals surface area contributed by atoms with Crippen molar-refractivity contribution < 1.29 is 9.16 Å². The summed E-state index contributed by atoms with van der Waals surface area (Å²) < 4.78 is 13.4. The van der Waals surface area contributed by atoms with Gasteiger partial charge >= 0.3 is 0 Å². The number of hydrogen-bond acceptors (Lipinski definition) is 6. The van der Waals surface area contributed by atoms with Gasteiger partial charge in [-0.25, -0.2) is 9.97 Å². The van der Waals surface area contributed by atoms with Crippen molar-refractivity contribution in [1.82, 2.24) is 9.97 Å². The van der Waals surface area contributed by atoms with Gasteiger partial charge in [0.05, 0.1) is 24.6 Å². The quantitative estimate of drug-likeness (QED) is 0.319. The van der Waals surface area contributed by atoms with E-state index in [4.69, 9.17) is 19.9 Å². The lowest BCUT2D eigenvalue weighted by Crippen LogP contribution is -2.71. The number of hydrogen-bond donors (Lipinski definition) is 1. The molecule has 0 radical (unpaired) electrons. The van der Waals surface area contributed by atoms with Crippen molar-refractivity contribution in [2.24, 2.45) is 0 Å². The minimum atomic E-state index is -2.63. The zero-order valence-corrected chi connectivity index (χ0v) is 25.9. The highest BCUT2D eigenvalue weighted by Gasteiger charge is 2.53. The average Bonchev–Trinajstić information content (AvgIpc) is 2.92. The first-order valence-corrected chi connectivity index (χ1v) is 16.3. The number of anilines is 2. The molecule has 1 aliphatic carbocycles. The van der Waals surface area contributed by atoms with E-state index >= 15 is 0 Å². The third-order valence-electron chi connectivity index (χ3n) is 8.82. The predicted molar refractivity (Wildman–Crippen MR) is 170 cm³/mol. The Bertz CT molecular complexity index is 1520. The van der Waals surface area contributed by atoms with E-state index < -0.39 is 8.32 Å². The van der Waals surface area contributed by atoms with Crippen LogP contribution < -0.4 is 25.7 Å². The van der Waals surface area contributed by atoms with Crippen LogP contribution in [-0.2, 0) is 16.3 Å². The smallest absolute Gasteiger partial charge is 0.261 e. The lowest BCUT2D eigenvalue weighted by molar-refractivity contribution is 0.154. The van der Waals surface area contributed by atoms with Gasteiger partial charge in [0, 0.05) is 24.2 Å². The molecule has 7 heteroatoms. The molecule has 2 N–H and O–H groups in total. The van der Waals surface area contributed by atoms with Crippen molar-refractivity contribution in [3.8, 4) is 17.0 Å². The summed E-state index contributed by atoms with van der Waals surface area (Å²) in [5.74, 6) is 1.44. The minimum Gasteiger partial charge on any atom is -0.495 e. The molecule has 212 valence electrons. The van der Waals surface area contributed by atoms with Crippen molar-refractivity contribution >= 4 is 30.2 Å². The van der Waals surface area contributed by atoms with Crippen LogP contribution in [0.1, 0.15) is 45.7 Å². The van der Waals surface area contributed by atoms with Crippen LogP contribution in [0.15, 0.2) is 79.1 Å². The Kier molecular flexibility index (Phi) is 6.70. The van der Waals surface area contributed by atoms with Gasteiger partial charge in [0.2, 0.25) is 0 Å². The molecule has 0 amide bonds. The molecule has 0 bridgehead atoms. The monoisotopic (exact) mass is 564 g/mol. The number of rotatable bonds is 6. The van der Waals surface area contributed by atoms with Crippen LogP contribution >= 0.6 is 0 Å². The van der Waals surface area contributed by atoms with E-state index in [1.54, 1.807) is 13.4 Å². The molecule has 0 unspecified atom stereocenters. The van der Waals surface area contributed by atoms with E-state index in [1.165, 1.54) is 15.9 Å². The Morgan fingerprint density at radius 2 is 1.51 bits per heavy atom. The third-order valence-corrected chi connectivity index (χ3v) is 13.9. The Balaban J connectivity index is 1.38. The molecular weight excluding hydrogens is 524 g/mol. The zero-order valence-electron chi connectivity index (χ0n) is 24.9. The van der Waals surface area contributed by atoms with Crippen molar-refractivity contribution in [3.63, 3.8) is 0 Å². The highest BCUT2D eigenvalue weighted by atomic mass is 28.4. The van der Waals surface area contributed by atoms with Gasteiger partial charge < -0.3 is 19.8 Å². The Morgan fingerprint density at radius 1 is 0.902 bits per heavy atom. The van der Waals surface area contributed by atoms with Gasteiger partial charge in [-0.15, -0.1) is 0 Å². The number of nitrogens with zero attached hydrogens (tertiary/aromatic N) is 3. The van der Waals surface area contributed by atoms with Crippen molar-refractivity contribution in [2.45, 2.75) is 57.6 Å². The van der Waals surface area contributed by atoms with Gasteiger partial charge in [-0.1, -0.05) is 95.3 Å². The predicted octanol–water partition coefficient (Wildman–Crippen LogP) is 5.33. The molecule has 0 saturated carbocycles. The molecular formula is C34H40N4O2Si. The Morgan fingerprint density at radius 3 is 2.07 bits per heavy atom. The molecule has 6 nitrogen and oxygen atoms in total. The number of nitrogens with two attached hydrogens (primary N) is 1. The molecule has 1 fully saturated rings. The maximum atomic E-state index is 7.41. The first-order chi connectivity index (χ1) is 19.6. The van der Waals surface area contributed by atoms with Crippen molar-refractivity contribution in [1.29, 1.82) is 0 Å².